The zero-order valence-corrected chi connectivity index (χ0v) is 20.5. The molecule has 4 heterocycles. The van der Waals surface area contributed by atoms with E-state index in [-0.39, 0.29) is 17.1 Å². The van der Waals surface area contributed by atoms with Crippen molar-refractivity contribution in [2.75, 3.05) is 36.5 Å². The van der Waals surface area contributed by atoms with Gasteiger partial charge in [0.15, 0.2) is 17.2 Å². The van der Waals surface area contributed by atoms with Gasteiger partial charge in [-0.2, -0.15) is 0 Å². The number of anilines is 1. The summed E-state index contributed by atoms with van der Waals surface area (Å²) in [6, 6.07) is 6.79. The summed E-state index contributed by atoms with van der Waals surface area (Å²) >= 11 is 6.45. The quantitative estimate of drug-likeness (QED) is 0.470. The van der Waals surface area contributed by atoms with Crippen LogP contribution in [0.2, 0.25) is 5.02 Å². The lowest BCUT2D eigenvalue weighted by molar-refractivity contribution is 0.119. The number of piperazine rings is 1. The summed E-state index contributed by atoms with van der Waals surface area (Å²) in [5.74, 6) is 1.13. The highest BCUT2D eigenvalue weighted by Gasteiger charge is 2.29. The molecule has 34 heavy (non-hydrogen) atoms. The Hall–Kier alpha value is -3.17. The molecular formula is C24H28ClN7O2. The number of aromatic nitrogens is 4. The second kappa shape index (κ2) is 8.56. The average molecular weight is 482 g/mol. The molecule has 178 valence electrons. The largest absolute Gasteiger partial charge is 0.459 e. The van der Waals surface area contributed by atoms with Gasteiger partial charge < -0.3 is 14.7 Å². The molecule has 10 heteroatoms. The fraction of sp³-hybridized carbons (Fsp3) is 0.417. The summed E-state index contributed by atoms with van der Waals surface area (Å²) in [4.78, 5) is 29.7. The molecule has 9 nitrogen and oxygen atoms in total. The summed E-state index contributed by atoms with van der Waals surface area (Å²) in [7, 11) is 0. The van der Waals surface area contributed by atoms with Crippen LogP contribution in [0, 0.1) is 0 Å². The van der Waals surface area contributed by atoms with Gasteiger partial charge >= 0.3 is 0 Å². The van der Waals surface area contributed by atoms with Crippen LogP contribution < -0.4 is 15.9 Å². The molecular weight excluding hydrogens is 454 g/mol. The zero-order valence-electron chi connectivity index (χ0n) is 19.7. The van der Waals surface area contributed by atoms with E-state index in [0.717, 1.165) is 13.1 Å². The molecule has 1 aliphatic rings. The van der Waals surface area contributed by atoms with Gasteiger partial charge in [0, 0.05) is 37.8 Å². The van der Waals surface area contributed by atoms with Crippen molar-refractivity contribution in [3.63, 3.8) is 0 Å². The highest BCUT2D eigenvalue weighted by Crippen LogP contribution is 2.26. The maximum Gasteiger partial charge on any atom is 0.281 e. The summed E-state index contributed by atoms with van der Waals surface area (Å²) in [5, 5.41) is 6.26. The monoisotopic (exact) mass is 481 g/mol. The first kappa shape index (κ1) is 22.6. The molecule has 0 radical (unpaired) electrons. The number of nitrogens with one attached hydrogen (secondary N) is 1. The van der Waals surface area contributed by atoms with Gasteiger partial charge in [0.1, 0.15) is 11.8 Å². The number of halogens is 1. The SMILES string of the molecule is C[C@H](Nc1ncnc2ccoc12)c1nc2cccc(Cl)c2c(=O)n1N1CCN(C(C)(C)C)CC1. The minimum atomic E-state index is -0.347. The minimum absolute atomic E-state index is 0.0705. The fourth-order valence-electron chi connectivity index (χ4n) is 4.48. The highest BCUT2D eigenvalue weighted by atomic mass is 35.5. The Morgan fingerprint density at radius 1 is 1.09 bits per heavy atom. The van der Waals surface area contributed by atoms with Crippen LogP contribution in [-0.4, -0.2) is 56.2 Å². The Balaban J connectivity index is 1.58. The minimum Gasteiger partial charge on any atom is -0.459 e. The Morgan fingerprint density at radius 3 is 2.59 bits per heavy atom. The molecule has 4 aromatic rings. The standard InChI is InChI=1S/C24H28ClN7O2/c1-15(28-21-20-18(8-13-34-20)26-14-27-21)22-29-17-7-5-6-16(25)19(17)23(33)32(22)31-11-9-30(10-12-31)24(2,3)4/h5-8,13-15H,9-12H2,1-4H3,(H,26,27,28)/t15-/m0/s1. The molecule has 1 fully saturated rings. The van der Waals surface area contributed by atoms with Crippen molar-refractivity contribution in [3.8, 4) is 0 Å². The lowest BCUT2D eigenvalue weighted by atomic mass is 10.1. The molecule has 0 saturated carbocycles. The summed E-state index contributed by atoms with van der Waals surface area (Å²) < 4.78 is 7.26. The third-order valence-corrected chi connectivity index (χ3v) is 6.64. The normalized spacial score (nSPS) is 16.3. The zero-order chi connectivity index (χ0) is 24.0. The topological polar surface area (TPSA) is 92.3 Å². The number of rotatable bonds is 4. The van der Waals surface area contributed by atoms with Gasteiger partial charge in [-0.3, -0.25) is 9.69 Å². The van der Waals surface area contributed by atoms with Gasteiger partial charge in [0.05, 0.1) is 28.2 Å². The second-order valence-corrected chi connectivity index (χ2v) is 9.96. The van der Waals surface area contributed by atoms with Gasteiger partial charge in [0.25, 0.3) is 5.56 Å². The Morgan fingerprint density at radius 2 is 1.85 bits per heavy atom. The van der Waals surface area contributed by atoms with Gasteiger partial charge in [-0.15, -0.1) is 0 Å². The van der Waals surface area contributed by atoms with Crippen LogP contribution in [0.15, 0.2) is 46.1 Å². The highest BCUT2D eigenvalue weighted by molar-refractivity contribution is 6.35. The van der Waals surface area contributed by atoms with E-state index in [1.54, 1.807) is 23.1 Å². The first-order valence-electron chi connectivity index (χ1n) is 11.4. The maximum atomic E-state index is 13.8. The smallest absolute Gasteiger partial charge is 0.281 e. The Labute approximate surface area is 202 Å². The molecule has 1 atom stereocenters. The van der Waals surface area contributed by atoms with E-state index in [2.05, 4.69) is 46.0 Å². The molecule has 1 N–H and O–H groups in total. The van der Waals surface area contributed by atoms with Crippen LogP contribution in [0.25, 0.3) is 22.0 Å². The van der Waals surface area contributed by atoms with Crippen LogP contribution in [0.3, 0.4) is 0 Å². The summed E-state index contributed by atoms with van der Waals surface area (Å²) in [6.07, 6.45) is 3.06. The first-order valence-corrected chi connectivity index (χ1v) is 11.8. The molecule has 0 amide bonds. The predicted molar refractivity (Wildman–Crippen MR) is 134 cm³/mol. The van der Waals surface area contributed by atoms with Gasteiger partial charge in [-0.1, -0.05) is 17.7 Å². The first-order chi connectivity index (χ1) is 16.2. The van der Waals surface area contributed by atoms with E-state index in [4.69, 9.17) is 21.0 Å². The summed E-state index contributed by atoms with van der Waals surface area (Å²) in [5.41, 5.74) is 1.73. The Bertz CT molecular complexity index is 1400. The molecule has 1 aromatic carbocycles. The van der Waals surface area contributed by atoms with Gasteiger partial charge in [0.2, 0.25) is 0 Å². The van der Waals surface area contributed by atoms with Crippen LogP contribution in [-0.2, 0) is 0 Å². The van der Waals surface area contributed by atoms with E-state index < -0.39 is 0 Å². The molecule has 3 aromatic heterocycles. The van der Waals surface area contributed by atoms with Crippen LogP contribution in [0.4, 0.5) is 5.82 Å². The van der Waals surface area contributed by atoms with Crippen molar-refractivity contribution < 1.29 is 4.42 Å². The Kier molecular flexibility index (Phi) is 5.69. The van der Waals surface area contributed by atoms with Crippen LogP contribution in [0.5, 0.6) is 0 Å². The third-order valence-electron chi connectivity index (χ3n) is 6.32. The van der Waals surface area contributed by atoms with Crippen molar-refractivity contribution in [1.29, 1.82) is 0 Å². The molecule has 5 rings (SSSR count). The average Bonchev–Trinajstić information content (AvgIpc) is 3.28. The number of furan rings is 1. The van der Waals surface area contributed by atoms with Crippen molar-refractivity contribution in [2.24, 2.45) is 0 Å². The van der Waals surface area contributed by atoms with Crippen molar-refractivity contribution >= 4 is 39.4 Å². The van der Waals surface area contributed by atoms with Crippen molar-refractivity contribution in [2.45, 2.75) is 39.3 Å². The van der Waals surface area contributed by atoms with E-state index in [1.165, 1.54) is 6.33 Å². The predicted octanol–water partition coefficient (Wildman–Crippen LogP) is 3.81. The van der Waals surface area contributed by atoms with Crippen LogP contribution in [0.1, 0.15) is 39.6 Å². The second-order valence-electron chi connectivity index (χ2n) is 9.56. The molecule has 1 saturated heterocycles. The van der Waals surface area contributed by atoms with Crippen molar-refractivity contribution in [1.82, 2.24) is 24.5 Å². The van der Waals surface area contributed by atoms with Crippen molar-refractivity contribution in [3.05, 3.63) is 58.1 Å². The number of benzene rings is 1. The molecule has 0 spiro atoms. The van der Waals surface area contributed by atoms with Gasteiger partial charge in [-0.25, -0.2) is 19.6 Å². The number of hydrogen-bond donors (Lipinski definition) is 1. The molecule has 0 unspecified atom stereocenters. The maximum absolute atomic E-state index is 13.8. The van der Waals surface area contributed by atoms with E-state index in [9.17, 15) is 4.79 Å². The number of nitrogens with zero attached hydrogens (tertiary/aromatic N) is 6. The third kappa shape index (κ3) is 3.99. The lowest BCUT2D eigenvalue weighted by Gasteiger charge is -2.43. The molecule has 0 bridgehead atoms. The van der Waals surface area contributed by atoms with E-state index in [0.29, 0.717) is 51.8 Å². The molecule has 1 aliphatic heterocycles. The van der Waals surface area contributed by atoms with E-state index >= 15 is 0 Å². The van der Waals surface area contributed by atoms with Crippen LogP contribution >= 0.6 is 11.6 Å². The van der Waals surface area contributed by atoms with Gasteiger partial charge in [-0.05, 0) is 39.8 Å². The summed E-state index contributed by atoms with van der Waals surface area (Å²) in [6.45, 7) is 11.7. The fourth-order valence-corrected chi connectivity index (χ4v) is 4.73. The number of hydrogen-bond acceptors (Lipinski definition) is 8. The molecule has 0 aliphatic carbocycles. The lowest BCUT2D eigenvalue weighted by Crippen LogP contribution is -2.59. The number of fused-ring (bicyclic) bond motifs is 2. The van der Waals surface area contributed by atoms with E-state index in [1.807, 2.05) is 19.1 Å².